The number of hydrogen-bond donors (Lipinski definition) is 1. The molecule has 6 nitrogen and oxygen atoms in total. The van der Waals surface area contributed by atoms with Gasteiger partial charge in [-0.25, -0.2) is 8.42 Å². The third-order valence-corrected chi connectivity index (χ3v) is 7.92. The number of sulfonamides is 1. The molecule has 166 valence electrons. The zero-order valence-electron chi connectivity index (χ0n) is 17.5. The van der Waals surface area contributed by atoms with E-state index in [1.165, 1.54) is 17.1 Å². The number of anilines is 1. The number of benzene rings is 2. The molecule has 4 rings (SSSR count). The van der Waals surface area contributed by atoms with Crippen LogP contribution in [0.5, 0.6) is 5.75 Å². The van der Waals surface area contributed by atoms with E-state index in [0.29, 0.717) is 16.5 Å². The van der Waals surface area contributed by atoms with Crippen LogP contribution in [0.1, 0.15) is 44.1 Å². The molecule has 1 amide bonds. The van der Waals surface area contributed by atoms with E-state index in [1.54, 1.807) is 42.5 Å². The van der Waals surface area contributed by atoms with Crippen molar-refractivity contribution in [2.75, 3.05) is 10.8 Å². The molecule has 0 bridgehead atoms. The molecule has 0 aromatic heterocycles. The summed E-state index contributed by atoms with van der Waals surface area (Å²) in [7, 11) is -3.90. The Kier molecular flexibility index (Phi) is 6.44. The molecule has 1 aliphatic heterocycles. The number of halogens is 1. The second-order valence-electron chi connectivity index (χ2n) is 8.26. The molecule has 31 heavy (non-hydrogen) atoms. The average molecular weight is 463 g/mol. The number of fused-ring (bicyclic) bond motifs is 1. The van der Waals surface area contributed by atoms with Crippen LogP contribution in [0.4, 0.5) is 5.69 Å². The summed E-state index contributed by atoms with van der Waals surface area (Å²) >= 11 is 6.15. The van der Waals surface area contributed by atoms with Gasteiger partial charge in [0.1, 0.15) is 5.75 Å². The van der Waals surface area contributed by atoms with E-state index in [1.807, 2.05) is 6.92 Å². The molecule has 1 aliphatic carbocycles. The first-order valence-electron chi connectivity index (χ1n) is 10.7. The van der Waals surface area contributed by atoms with Crippen molar-refractivity contribution in [3.63, 3.8) is 0 Å². The second-order valence-corrected chi connectivity index (χ2v) is 10.6. The summed E-state index contributed by atoms with van der Waals surface area (Å²) in [6.07, 6.45) is 5.49. The van der Waals surface area contributed by atoms with Gasteiger partial charge in [-0.3, -0.25) is 9.10 Å². The first-order chi connectivity index (χ1) is 14.8. The van der Waals surface area contributed by atoms with Gasteiger partial charge in [0.2, 0.25) is 0 Å². The van der Waals surface area contributed by atoms with Crippen molar-refractivity contribution in [1.29, 1.82) is 0 Å². The van der Waals surface area contributed by atoms with E-state index >= 15 is 0 Å². The fourth-order valence-electron chi connectivity index (χ4n) is 4.14. The van der Waals surface area contributed by atoms with Crippen LogP contribution in [0.3, 0.4) is 0 Å². The summed E-state index contributed by atoms with van der Waals surface area (Å²) in [6, 6.07) is 11.6. The lowest BCUT2D eigenvalue weighted by Crippen LogP contribution is -2.52. The minimum absolute atomic E-state index is 0.104. The summed E-state index contributed by atoms with van der Waals surface area (Å²) < 4.78 is 34.1. The Balaban J connectivity index is 1.63. The highest BCUT2D eigenvalue weighted by atomic mass is 35.5. The van der Waals surface area contributed by atoms with E-state index in [4.69, 9.17) is 16.3 Å². The molecule has 2 aromatic carbocycles. The highest BCUT2D eigenvalue weighted by Gasteiger charge is 2.38. The van der Waals surface area contributed by atoms with Crippen molar-refractivity contribution in [2.45, 2.75) is 62.5 Å². The molecule has 1 N–H and O–H groups in total. The lowest BCUT2D eigenvalue weighted by molar-refractivity contribution is -0.128. The molecule has 1 saturated carbocycles. The molecule has 8 heteroatoms. The highest BCUT2D eigenvalue weighted by molar-refractivity contribution is 7.92. The summed E-state index contributed by atoms with van der Waals surface area (Å²) in [5, 5.41) is 3.47. The minimum atomic E-state index is -3.90. The number of ether oxygens (including phenoxy) is 1. The average Bonchev–Trinajstić information content (AvgIpc) is 3.02. The monoisotopic (exact) mass is 462 g/mol. The van der Waals surface area contributed by atoms with Gasteiger partial charge in [-0.05, 0) is 50.1 Å². The number of nitrogens with zero attached hydrogens (tertiary/aromatic N) is 1. The number of nitrogens with one attached hydrogen (secondary N) is 1. The normalized spacial score (nSPS) is 19.8. The van der Waals surface area contributed by atoms with Crippen molar-refractivity contribution in [2.24, 2.45) is 0 Å². The van der Waals surface area contributed by atoms with Crippen molar-refractivity contribution in [3.05, 3.63) is 53.1 Å². The van der Waals surface area contributed by atoms with Gasteiger partial charge in [-0.1, -0.05) is 55.0 Å². The molecule has 1 atom stereocenters. The highest BCUT2D eigenvalue weighted by Crippen LogP contribution is 2.39. The van der Waals surface area contributed by atoms with Gasteiger partial charge in [-0.2, -0.15) is 0 Å². The Bertz CT molecular complexity index is 1050. The van der Waals surface area contributed by atoms with E-state index in [2.05, 4.69) is 5.32 Å². The summed E-state index contributed by atoms with van der Waals surface area (Å²) in [4.78, 5) is 13.2. The van der Waals surface area contributed by atoms with Crippen LogP contribution in [0.15, 0.2) is 47.4 Å². The predicted molar refractivity (Wildman–Crippen MR) is 121 cm³/mol. The first-order valence-corrected chi connectivity index (χ1v) is 12.5. The van der Waals surface area contributed by atoms with Gasteiger partial charge in [0.05, 0.1) is 17.1 Å². The quantitative estimate of drug-likeness (QED) is 0.681. The third-order valence-electron chi connectivity index (χ3n) is 5.89. The number of amides is 1. The fourth-order valence-corrected chi connectivity index (χ4v) is 5.78. The molecule has 1 heterocycles. The molecular weight excluding hydrogens is 436 g/mol. The maximum Gasteiger partial charge on any atom is 0.264 e. The van der Waals surface area contributed by atoms with Crippen LogP contribution in [-0.4, -0.2) is 33.0 Å². The van der Waals surface area contributed by atoms with Gasteiger partial charge in [0.15, 0.2) is 6.10 Å². The molecule has 2 aromatic rings. The van der Waals surface area contributed by atoms with Crippen molar-refractivity contribution >= 4 is 33.2 Å². The first kappa shape index (κ1) is 22.0. The van der Waals surface area contributed by atoms with Crippen LogP contribution in [0.25, 0.3) is 0 Å². The predicted octanol–water partition coefficient (Wildman–Crippen LogP) is 4.44. The topological polar surface area (TPSA) is 75.7 Å². The summed E-state index contributed by atoms with van der Waals surface area (Å²) in [6.45, 7) is 1.79. The molecule has 2 aliphatic rings. The van der Waals surface area contributed by atoms with Gasteiger partial charge in [0, 0.05) is 11.1 Å². The molecular formula is C23H27ClN2O4S. The van der Waals surface area contributed by atoms with E-state index in [0.717, 1.165) is 31.2 Å². The molecule has 0 spiro atoms. The SMILES string of the molecule is Cc1ccc(S(=O)(=O)N2C[C@H](C(=O)NC3CCCCCC3)Oc3ccc(Cl)cc32)cc1. The maximum absolute atomic E-state index is 13.5. The number of hydrogen-bond acceptors (Lipinski definition) is 4. The fraction of sp³-hybridized carbons (Fsp3) is 0.435. The lowest BCUT2D eigenvalue weighted by Gasteiger charge is -2.35. The minimum Gasteiger partial charge on any atom is -0.476 e. The smallest absolute Gasteiger partial charge is 0.264 e. The number of rotatable bonds is 4. The standard InChI is InChI=1S/C23H27ClN2O4S/c1-16-8-11-19(12-9-16)31(28,29)26-15-22(30-21-13-10-17(24)14-20(21)26)23(27)25-18-6-4-2-3-5-7-18/h8-14,18,22H,2-7,15H2,1H3,(H,25,27)/t22-/m1/s1. The van der Waals surface area contributed by atoms with E-state index in [9.17, 15) is 13.2 Å². The van der Waals surface area contributed by atoms with Crippen LogP contribution >= 0.6 is 11.6 Å². The zero-order valence-corrected chi connectivity index (χ0v) is 19.1. The van der Waals surface area contributed by atoms with Crippen LogP contribution in [0, 0.1) is 6.92 Å². The van der Waals surface area contributed by atoms with Gasteiger partial charge in [-0.15, -0.1) is 0 Å². The largest absolute Gasteiger partial charge is 0.476 e. The van der Waals surface area contributed by atoms with Crippen molar-refractivity contribution in [3.8, 4) is 5.75 Å². The van der Waals surface area contributed by atoms with Crippen molar-refractivity contribution in [1.82, 2.24) is 5.32 Å². The number of carbonyl (C=O) groups is 1. The maximum atomic E-state index is 13.5. The Labute approximate surface area is 188 Å². The summed E-state index contributed by atoms with van der Waals surface area (Å²) in [5.41, 5.74) is 1.30. The third kappa shape index (κ3) is 4.83. The Morgan fingerprint density at radius 2 is 1.74 bits per heavy atom. The molecule has 0 unspecified atom stereocenters. The summed E-state index contributed by atoms with van der Waals surface area (Å²) in [5.74, 6) is 0.0453. The molecule has 1 fully saturated rings. The van der Waals surface area contributed by atoms with Gasteiger partial charge in [0.25, 0.3) is 15.9 Å². The van der Waals surface area contributed by atoms with Crippen LogP contribution in [-0.2, 0) is 14.8 Å². The van der Waals surface area contributed by atoms with E-state index in [-0.39, 0.29) is 23.4 Å². The molecule has 0 radical (unpaired) electrons. The Hall–Kier alpha value is -2.25. The van der Waals surface area contributed by atoms with Crippen molar-refractivity contribution < 1.29 is 17.9 Å². The van der Waals surface area contributed by atoms with Crippen LogP contribution in [0.2, 0.25) is 5.02 Å². The number of aryl methyl sites for hydroxylation is 1. The second kappa shape index (κ2) is 9.09. The van der Waals surface area contributed by atoms with Gasteiger partial charge >= 0.3 is 0 Å². The zero-order chi connectivity index (χ0) is 22.0. The Morgan fingerprint density at radius 3 is 2.42 bits per heavy atom. The van der Waals surface area contributed by atoms with E-state index < -0.39 is 16.1 Å². The lowest BCUT2D eigenvalue weighted by atomic mass is 10.1. The Morgan fingerprint density at radius 1 is 1.06 bits per heavy atom. The molecule has 0 saturated heterocycles. The van der Waals surface area contributed by atoms with Crippen LogP contribution < -0.4 is 14.4 Å². The number of carbonyl (C=O) groups excluding carboxylic acids is 1. The van der Waals surface area contributed by atoms with Gasteiger partial charge < -0.3 is 10.1 Å².